The molecule has 2 nitrogen and oxygen atoms in total. The van der Waals surface area contributed by atoms with Crippen molar-refractivity contribution in [3.8, 4) is 6.07 Å². The molecular formula is C12H14BrNO. The van der Waals surface area contributed by atoms with Crippen LogP contribution in [0.3, 0.4) is 0 Å². The Hall–Kier alpha value is -0.850. The summed E-state index contributed by atoms with van der Waals surface area (Å²) < 4.78 is 0.927. The zero-order valence-electron chi connectivity index (χ0n) is 8.81. The third-order valence-corrected chi connectivity index (χ3v) is 2.86. The second-order valence-corrected chi connectivity index (χ2v) is 4.81. The van der Waals surface area contributed by atoms with Gasteiger partial charge in [0.25, 0.3) is 0 Å². The Bertz CT molecular complexity index is 370. The molecule has 0 aromatic heterocycles. The van der Waals surface area contributed by atoms with Crippen LogP contribution in [-0.2, 0) is 0 Å². The number of aliphatic hydroxyl groups is 1. The topological polar surface area (TPSA) is 44.0 Å². The molecule has 80 valence electrons. The van der Waals surface area contributed by atoms with Crippen molar-refractivity contribution in [2.24, 2.45) is 5.92 Å². The lowest BCUT2D eigenvalue weighted by Gasteiger charge is -2.20. The molecule has 15 heavy (non-hydrogen) atoms. The summed E-state index contributed by atoms with van der Waals surface area (Å²) in [7, 11) is 0. The Morgan fingerprint density at radius 1 is 1.40 bits per heavy atom. The summed E-state index contributed by atoms with van der Waals surface area (Å²) in [6, 6.07) is 9.67. The van der Waals surface area contributed by atoms with Gasteiger partial charge >= 0.3 is 0 Å². The standard InChI is InChI=1S/C12H14BrNO/c1-8(2)12(15)11(7-14)9-4-3-5-10(13)6-9/h3-6,8,11-12,15H,1-2H3. The fourth-order valence-electron chi connectivity index (χ4n) is 1.43. The maximum Gasteiger partial charge on any atom is 0.0974 e. The first-order valence-electron chi connectivity index (χ1n) is 4.89. The molecule has 0 aliphatic carbocycles. The number of rotatable bonds is 3. The molecule has 0 aliphatic rings. The third kappa shape index (κ3) is 3.05. The van der Waals surface area contributed by atoms with Gasteiger partial charge in [-0.05, 0) is 23.6 Å². The highest BCUT2D eigenvalue weighted by Gasteiger charge is 2.23. The van der Waals surface area contributed by atoms with Gasteiger partial charge in [0.15, 0.2) is 0 Å². The Labute approximate surface area is 98.7 Å². The SMILES string of the molecule is CC(C)C(O)C(C#N)c1cccc(Br)c1. The molecule has 2 unspecified atom stereocenters. The third-order valence-electron chi connectivity index (χ3n) is 2.37. The van der Waals surface area contributed by atoms with Crippen LogP contribution in [-0.4, -0.2) is 11.2 Å². The van der Waals surface area contributed by atoms with E-state index in [2.05, 4.69) is 22.0 Å². The molecular weight excluding hydrogens is 254 g/mol. The Balaban J connectivity index is 2.99. The van der Waals surface area contributed by atoms with E-state index in [-0.39, 0.29) is 5.92 Å². The summed E-state index contributed by atoms with van der Waals surface area (Å²) in [4.78, 5) is 0. The summed E-state index contributed by atoms with van der Waals surface area (Å²) in [6.45, 7) is 3.82. The van der Waals surface area contributed by atoms with Crippen LogP contribution in [0.4, 0.5) is 0 Å². The van der Waals surface area contributed by atoms with Gasteiger partial charge in [0, 0.05) is 4.47 Å². The number of benzene rings is 1. The van der Waals surface area contributed by atoms with Crippen LogP contribution < -0.4 is 0 Å². The molecule has 0 heterocycles. The Kier molecular flexibility index (Phi) is 4.31. The smallest absolute Gasteiger partial charge is 0.0974 e. The average Bonchev–Trinajstić information content (AvgIpc) is 2.18. The summed E-state index contributed by atoms with van der Waals surface area (Å²) in [6.07, 6.45) is -0.621. The van der Waals surface area contributed by atoms with Crippen molar-refractivity contribution < 1.29 is 5.11 Å². The predicted molar refractivity (Wildman–Crippen MR) is 63.3 cm³/mol. The highest BCUT2D eigenvalue weighted by Crippen LogP contribution is 2.25. The van der Waals surface area contributed by atoms with Gasteiger partial charge in [-0.1, -0.05) is 41.9 Å². The largest absolute Gasteiger partial charge is 0.391 e. The molecule has 3 heteroatoms. The van der Waals surface area contributed by atoms with Crippen LogP contribution in [0.1, 0.15) is 25.3 Å². The number of hydrogen-bond donors (Lipinski definition) is 1. The Morgan fingerprint density at radius 2 is 2.07 bits per heavy atom. The lowest BCUT2D eigenvalue weighted by Crippen LogP contribution is -2.23. The minimum absolute atomic E-state index is 0.0774. The minimum Gasteiger partial charge on any atom is -0.391 e. The average molecular weight is 268 g/mol. The maximum atomic E-state index is 9.89. The van der Waals surface area contributed by atoms with E-state index in [1.165, 1.54) is 0 Å². The van der Waals surface area contributed by atoms with Gasteiger partial charge in [0.05, 0.1) is 18.1 Å². The van der Waals surface area contributed by atoms with E-state index in [9.17, 15) is 5.11 Å². The Morgan fingerprint density at radius 3 is 2.53 bits per heavy atom. The molecule has 0 bridgehead atoms. The van der Waals surface area contributed by atoms with Crippen LogP contribution in [0.2, 0.25) is 0 Å². The summed E-state index contributed by atoms with van der Waals surface area (Å²) in [5.41, 5.74) is 0.855. The maximum absolute atomic E-state index is 9.89. The number of nitrogens with zero attached hydrogens (tertiary/aromatic N) is 1. The zero-order valence-corrected chi connectivity index (χ0v) is 10.4. The van der Waals surface area contributed by atoms with E-state index in [0.29, 0.717) is 0 Å². The van der Waals surface area contributed by atoms with Crippen molar-refractivity contribution in [2.45, 2.75) is 25.9 Å². The first-order chi connectivity index (χ1) is 7.06. The fraction of sp³-hybridized carbons (Fsp3) is 0.417. The molecule has 1 rings (SSSR count). The second kappa shape index (κ2) is 5.29. The molecule has 0 fully saturated rings. The number of hydrogen-bond acceptors (Lipinski definition) is 2. The molecule has 2 atom stereocenters. The van der Waals surface area contributed by atoms with E-state index >= 15 is 0 Å². The van der Waals surface area contributed by atoms with E-state index in [0.717, 1.165) is 10.0 Å². The molecule has 1 aromatic rings. The molecule has 0 saturated heterocycles. The van der Waals surface area contributed by atoms with E-state index in [1.54, 1.807) is 0 Å². The van der Waals surface area contributed by atoms with Crippen molar-refractivity contribution in [3.63, 3.8) is 0 Å². The van der Waals surface area contributed by atoms with Gasteiger partial charge in [0.2, 0.25) is 0 Å². The highest BCUT2D eigenvalue weighted by molar-refractivity contribution is 9.10. The van der Waals surface area contributed by atoms with Crippen molar-refractivity contribution in [2.75, 3.05) is 0 Å². The monoisotopic (exact) mass is 267 g/mol. The molecule has 0 radical (unpaired) electrons. The molecule has 1 N–H and O–H groups in total. The lowest BCUT2D eigenvalue weighted by molar-refractivity contribution is 0.113. The fourth-order valence-corrected chi connectivity index (χ4v) is 1.85. The quantitative estimate of drug-likeness (QED) is 0.915. The lowest BCUT2D eigenvalue weighted by atomic mass is 9.88. The van der Waals surface area contributed by atoms with E-state index in [1.807, 2.05) is 38.1 Å². The number of nitriles is 1. The van der Waals surface area contributed by atoms with Gasteiger partial charge in [0.1, 0.15) is 0 Å². The van der Waals surface area contributed by atoms with Crippen LogP contribution in [0, 0.1) is 17.2 Å². The van der Waals surface area contributed by atoms with Gasteiger partial charge in [-0.2, -0.15) is 5.26 Å². The van der Waals surface area contributed by atoms with Crippen molar-refractivity contribution >= 4 is 15.9 Å². The second-order valence-electron chi connectivity index (χ2n) is 3.90. The predicted octanol–water partition coefficient (Wildman–Crippen LogP) is 3.07. The van der Waals surface area contributed by atoms with Crippen LogP contribution >= 0.6 is 15.9 Å². The van der Waals surface area contributed by atoms with Crippen LogP contribution in [0.5, 0.6) is 0 Å². The van der Waals surface area contributed by atoms with E-state index < -0.39 is 12.0 Å². The highest BCUT2D eigenvalue weighted by atomic mass is 79.9. The molecule has 0 spiro atoms. The van der Waals surface area contributed by atoms with Crippen molar-refractivity contribution in [1.29, 1.82) is 5.26 Å². The summed E-state index contributed by atoms with van der Waals surface area (Å²) >= 11 is 3.35. The van der Waals surface area contributed by atoms with E-state index in [4.69, 9.17) is 5.26 Å². The summed E-state index contributed by atoms with van der Waals surface area (Å²) in [5, 5.41) is 19.0. The zero-order chi connectivity index (χ0) is 11.4. The normalized spacial score (nSPS) is 14.7. The first-order valence-corrected chi connectivity index (χ1v) is 5.68. The molecule has 0 aliphatic heterocycles. The van der Waals surface area contributed by atoms with Crippen molar-refractivity contribution in [3.05, 3.63) is 34.3 Å². The molecule has 1 aromatic carbocycles. The van der Waals surface area contributed by atoms with Gasteiger partial charge < -0.3 is 5.11 Å². The summed E-state index contributed by atoms with van der Waals surface area (Å²) in [5.74, 6) is -0.379. The first kappa shape index (κ1) is 12.2. The van der Waals surface area contributed by atoms with Gasteiger partial charge in [-0.15, -0.1) is 0 Å². The minimum atomic E-state index is -0.621. The van der Waals surface area contributed by atoms with Crippen molar-refractivity contribution in [1.82, 2.24) is 0 Å². The van der Waals surface area contributed by atoms with Gasteiger partial charge in [-0.3, -0.25) is 0 Å². The number of halogens is 1. The molecule has 0 amide bonds. The molecule has 0 saturated carbocycles. The van der Waals surface area contributed by atoms with Crippen LogP contribution in [0.25, 0.3) is 0 Å². The van der Waals surface area contributed by atoms with Crippen LogP contribution in [0.15, 0.2) is 28.7 Å². The van der Waals surface area contributed by atoms with Gasteiger partial charge in [-0.25, -0.2) is 0 Å². The number of aliphatic hydroxyl groups excluding tert-OH is 1.